The molecule has 3 aromatic rings. The molecule has 24 heavy (non-hydrogen) atoms. The van der Waals surface area contributed by atoms with Crippen LogP contribution in [0.15, 0.2) is 52.4 Å². The van der Waals surface area contributed by atoms with Crippen molar-refractivity contribution in [2.24, 2.45) is 0 Å². The Balaban J connectivity index is 0.00000208. The van der Waals surface area contributed by atoms with Crippen molar-refractivity contribution in [3.05, 3.63) is 79.6 Å². The summed E-state index contributed by atoms with van der Waals surface area (Å²) in [7, 11) is 0. The predicted octanol–water partition coefficient (Wildman–Crippen LogP) is 1.78. The van der Waals surface area contributed by atoms with Crippen molar-refractivity contribution >= 4 is 29.5 Å². The predicted molar refractivity (Wildman–Crippen MR) is 93.3 cm³/mol. The molecule has 3 rings (SSSR count). The number of hydrogen-bond acceptors (Lipinski definition) is 4. The van der Waals surface area contributed by atoms with Gasteiger partial charge < -0.3 is 19.2 Å². The largest absolute Gasteiger partial charge is 0.503 e. The third-order valence-electron chi connectivity index (χ3n) is 3.57. The van der Waals surface area contributed by atoms with E-state index in [1.807, 2.05) is 6.07 Å². The Labute approximate surface area is 147 Å². The van der Waals surface area contributed by atoms with Gasteiger partial charge in [-0.15, -0.1) is 12.4 Å². The fourth-order valence-electron chi connectivity index (χ4n) is 2.43. The topological polar surface area (TPSA) is 83.9 Å². The maximum Gasteiger partial charge on any atom is 0.279 e. The summed E-state index contributed by atoms with van der Waals surface area (Å²) in [4.78, 5) is 24.4. The van der Waals surface area contributed by atoms with Crippen LogP contribution in [-0.2, 0) is 13.2 Å². The third-order valence-corrected chi connectivity index (χ3v) is 3.80. The fraction of sp³-hybridized carbons (Fsp3) is 0.125. The molecule has 1 aromatic carbocycles. The number of pyridine rings is 1. The van der Waals surface area contributed by atoms with Gasteiger partial charge in [-0.25, -0.2) is 0 Å². The lowest BCUT2D eigenvalue weighted by Gasteiger charge is -2.10. The van der Waals surface area contributed by atoms with Gasteiger partial charge in [0.05, 0.1) is 13.2 Å². The summed E-state index contributed by atoms with van der Waals surface area (Å²) in [5, 5.41) is 19.7. The summed E-state index contributed by atoms with van der Waals surface area (Å²) < 4.78 is 2.71. The molecule has 2 aromatic heterocycles. The quantitative estimate of drug-likeness (QED) is 0.737. The van der Waals surface area contributed by atoms with Crippen LogP contribution in [0.4, 0.5) is 0 Å². The van der Waals surface area contributed by atoms with E-state index in [2.05, 4.69) is 0 Å². The number of aliphatic hydroxyl groups is 1. The van der Waals surface area contributed by atoms with E-state index >= 15 is 0 Å². The van der Waals surface area contributed by atoms with E-state index in [0.717, 1.165) is 5.56 Å². The van der Waals surface area contributed by atoms with Crippen molar-refractivity contribution in [1.29, 1.82) is 0 Å². The zero-order chi connectivity index (χ0) is 16.6. The molecule has 0 amide bonds. The maximum atomic E-state index is 12.5. The van der Waals surface area contributed by atoms with Crippen LogP contribution in [-0.4, -0.2) is 19.2 Å². The third kappa shape index (κ3) is 3.17. The minimum absolute atomic E-state index is 0. The smallest absolute Gasteiger partial charge is 0.279 e. The first-order valence-electron chi connectivity index (χ1n) is 6.83. The number of aromatic hydroxyl groups is 1. The standard InChI is InChI=1S/C16H13ClN2O4.ClH/c17-12-3-1-2-10(6-12)7-19-5-4-18-8-11(9-20)14(21)15(22)13(18)16(19)23;/h1-6,8,20,22H,7,9H2;1H. The number of halogens is 2. The Morgan fingerprint density at radius 3 is 2.58 bits per heavy atom. The molecule has 0 bridgehead atoms. The molecule has 0 saturated carbocycles. The van der Waals surface area contributed by atoms with Crippen LogP contribution >= 0.6 is 24.0 Å². The summed E-state index contributed by atoms with van der Waals surface area (Å²) in [5.41, 5.74) is -0.543. The van der Waals surface area contributed by atoms with Crippen LogP contribution in [0.2, 0.25) is 5.02 Å². The van der Waals surface area contributed by atoms with E-state index in [-0.39, 0.29) is 30.0 Å². The van der Waals surface area contributed by atoms with Crippen molar-refractivity contribution in [3.63, 3.8) is 0 Å². The van der Waals surface area contributed by atoms with Gasteiger partial charge in [-0.1, -0.05) is 23.7 Å². The number of nitrogens with zero attached hydrogens (tertiary/aromatic N) is 2. The van der Waals surface area contributed by atoms with Gasteiger partial charge in [0.15, 0.2) is 11.3 Å². The van der Waals surface area contributed by atoms with E-state index in [1.165, 1.54) is 15.2 Å². The Kier molecular flexibility index (Phi) is 5.33. The average Bonchev–Trinajstić information content (AvgIpc) is 2.53. The molecule has 0 spiro atoms. The van der Waals surface area contributed by atoms with Crippen molar-refractivity contribution in [2.75, 3.05) is 0 Å². The van der Waals surface area contributed by atoms with Crippen LogP contribution in [0.3, 0.4) is 0 Å². The van der Waals surface area contributed by atoms with Crippen LogP contribution in [0, 0.1) is 0 Å². The highest BCUT2D eigenvalue weighted by atomic mass is 35.5. The van der Waals surface area contributed by atoms with Crippen LogP contribution < -0.4 is 11.0 Å². The Morgan fingerprint density at radius 1 is 1.17 bits per heavy atom. The molecule has 0 aliphatic carbocycles. The highest BCUT2D eigenvalue weighted by Gasteiger charge is 2.14. The lowest BCUT2D eigenvalue weighted by molar-refractivity contribution is 0.279. The van der Waals surface area contributed by atoms with Gasteiger partial charge in [0.25, 0.3) is 5.56 Å². The van der Waals surface area contributed by atoms with E-state index in [1.54, 1.807) is 30.6 Å². The highest BCUT2D eigenvalue weighted by molar-refractivity contribution is 6.30. The van der Waals surface area contributed by atoms with Crippen molar-refractivity contribution in [2.45, 2.75) is 13.2 Å². The van der Waals surface area contributed by atoms with Gasteiger partial charge >= 0.3 is 0 Å². The van der Waals surface area contributed by atoms with Crippen molar-refractivity contribution in [1.82, 2.24) is 8.97 Å². The first-order chi connectivity index (χ1) is 11.0. The number of aromatic nitrogens is 2. The molecule has 0 unspecified atom stereocenters. The molecule has 6 nitrogen and oxygen atoms in total. The van der Waals surface area contributed by atoms with Gasteiger partial charge in [0, 0.05) is 29.2 Å². The molecule has 0 aliphatic rings. The molecule has 2 heterocycles. The zero-order valence-electron chi connectivity index (χ0n) is 12.3. The minimum atomic E-state index is -0.745. The second-order valence-corrected chi connectivity index (χ2v) is 5.54. The van der Waals surface area contributed by atoms with Crippen LogP contribution in [0.5, 0.6) is 5.75 Å². The Morgan fingerprint density at radius 2 is 1.92 bits per heavy atom. The number of fused-ring (bicyclic) bond motifs is 1. The summed E-state index contributed by atoms with van der Waals surface area (Å²) in [6.07, 6.45) is 4.42. The zero-order valence-corrected chi connectivity index (χ0v) is 13.9. The van der Waals surface area contributed by atoms with Gasteiger partial charge in [0.2, 0.25) is 5.43 Å². The molecular formula is C16H14Cl2N2O4. The SMILES string of the molecule is Cl.O=c1c(CO)cn2ccn(Cc3cccc(Cl)c3)c(=O)c2c1O. The number of aliphatic hydroxyl groups excluding tert-OH is 1. The van der Waals surface area contributed by atoms with Crippen LogP contribution in [0.25, 0.3) is 5.52 Å². The number of hydrogen-bond donors (Lipinski definition) is 2. The van der Waals surface area contributed by atoms with Crippen LogP contribution in [0.1, 0.15) is 11.1 Å². The summed E-state index contributed by atoms with van der Waals surface area (Å²) >= 11 is 5.93. The second kappa shape index (κ2) is 7.09. The normalized spacial score (nSPS) is 10.6. The molecule has 126 valence electrons. The second-order valence-electron chi connectivity index (χ2n) is 5.11. The molecule has 2 N–H and O–H groups in total. The molecule has 0 fully saturated rings. The summed E-state index contributed by atoms with van der Waals surface area (Å²) in [6, 6.07) is 7.07. The highest BCUT2D eigenvalue weighted by Crippen LogP contribution is 2.13. The van der Waals surface area contributed by atoms with Crippen molar-refractivity contribution < 1.29 is 10.2 Å². The first-order valence-corrected chi connectivity index (χ1v) is 7.20. The monoisotopic (exact) mass is 368 g/mol. The lowest BCUT2D eigenvalue weighted by atomic mass is 10.2. The molecular weight excluding hydrogens is 355 g/mol. The number of rotatable bonds is 3. The Bertz CT molecular complexity index is 1010. The molecule has 0 atom stereocenters. The summed E-state index contributed by atoms with van der Waals surface area (Å²) in [5.74, 6) is -0.665. The van der Waals surface area contributed by atoms with E-state index in [9.17, 15) is 14.7 Å². The van der Waals surface area contributed by atoms with E-state index in [0.29, 0.717) is 5.02 Å². The van der Waals surface area contributed by atoms with Gasteiger partial charge in [-0.3, -0.25) is 9.59 Å². The van der Waals surface area contributed by atoms with Gasteiger partial charge in [-0.2, -0.15) is 0 Å². The molecule has 0 aliphatic heterocycles. The van der Waals surface area contributed by atoms with Crippen molar-refractivity contribution in [3.8, 4) is 5.75 Å². The molecule has 0 saturated heterocycles. The van der Waals surface area contributed by atoms with E-state index < -0.39 is 23.3 Å². The van der Waals surface area contributed by atoms with E-state index in [4.69, 9.17) is 16.7 Å². The molecule has 0 radical (unpaired) electrons. The average molecular weight is 369 g/mol. The van der Waals surface area contributed by atoms with Gasteiger partial charge in [-0.05, 0) is 17.7 Å². The number of benzene rings is 1. The fourth-order valence-corrected chi connectivity index (χ4v) is 2.64. The Hall–Kier alpha value is -2.28. The minimum Gasteiger partial charge on any atom is -0.503 e. The maximum absolute atomic E-state index is 12.5. The summed E-state index contributed by atoms with van der Waals surface area (Å²) in [6.45, 7) is -0.258. The molecule has 8 heteroatoms. The van der Waals surface area contributed by atoms with Gasteiger partial charge in [0.1, 0.15) is 0 Å². The lowest BCUT2D eigenvalue weighted by Crippen LogP contribution is -2.25. The first kappa shape index (κ1) is 18.1.